The van der Waals surface area contributed by atoms with Crippen molar-refractivity contribution in [2.24, 2.45) is 0 Å². The van der Waals surface area contributed by atoms with Gasteiger partial charge in [0.2, 0.25) is 0 Å². The Morgan fingerprint density at radius 3 is 2.61 bits per heavy atom. The molecule has 2 aromatic carbocycles. The number of aromatic nitrogens is 2. The van der Waals surface area contributed by atoms with Crippen molar-refractivity contribution in [3.8, 4) is 22.7 Å². The molecular formula is C25H26FN3O4. The molecule has 1 atom stereocenters. The molecule has 1 aliphatic carbocycles. The molecule has 33 heavy (non-hydrogen) atoms. The lowest BCUT2D eigenvalue weighted by atomic mass is 9.89. The normalized spacial score (nSPS) is 16.7. The molecule has 0 amide bonds. The van der Waals surface area contributed by atoms with Gasteiger partial charge < -0.3 is 14.6 Å². The van der Waals surface area contributed by atoms with E-state index in [1.54, 1.807) is 36.4 Å². The summed E-state index contributed by atoms with van der Waals surface area (Å²) in [5.74, 6) is 0.275. The Kier molecular flexibility index (Phi) is 6.22. The minimum absolute atomic E-state index is 0.177. The molecule has 2 heterocycles. The molecule has 1 aromatic heterocycles. The lowest BCUT2D eigenvalue weighted by molar-refractivity contribution is 0.00465. The minimum atomic E-state index is -0.604. The molecule has 1 fully saturated rings. The number of halogens is 1. The van der Waals surface area contributed by atoms with Crippen molar-refractivity contribution >= 4 is 0 Å². The summed E-state index contributed by atoms with van der Waals surface area (Å²) in [5, 5.41) is 14.8. The number of rotatable bonds is 6. The highest BCUT2D eigenvalue weighted by Crippen LogP contribution is 2.31. The van der Waals surface area contributed by atoms with Crippen LogP contribution in [0, 0.1) is 5.82 Å². The lowest BCUT2D eigenvalue weighted by Crippen LogP contribution is -2.42. The molecule has 1 aliphatic heterocycles. The van der Waals surface area contributed by atoms with Crippen LogP contribution in [0.3, 0.4) is 0 Å². The van der Waals surface area contributed by atoms with Crippen molar-refractivity contribution in [1.29, 1.82) is 0 Å². The minimum Gasteiger partial charge on any atom is -0.491 e. The van der Waals surface area contributed by atoms with E-state index in [1.165, 1.54) is 16.8 Å². The number of aliphatic hydroxyl groups excluding tert-OH is 1. The fourth-order valence-electron chi connectivity index (χ4n) is 4.36. The summed E-state index contributed by atoms with van der Waals surface area (Å²) in [6, 6.07) is 13.3. The highest BCUT2D eigenvalue weighted by atomic mass is 19.1. The van der Waals surface area contributed by atoms with Gasteiger partial charge >= 0.3 is 0 Å². The van der Waals surface area contributed by atoms with Gasteiger partial charge in [0.15, 0.2) is 0 Å². The number of hydrogen-bond donors (Lipinski definition) is 1. The van der Waals surface area contributed by atoms with E-state index < -0.39 is 6.10 Å². The van der Waals surface area contributed by atoms with Crippen LogP contribution in [-0.4, -0.2) is 65.3 Å². The Morgan fingerprint density at radius 2 is 1.82 bits per heavy atom. The van der Waals surface area contributed by atoms with Gasteiger partial charge in [-0.05, 0) is 60.4 Å². The number of aliphatic hydroxyl groups is 1. The molecule has 5 rings (SSSR count). The molecule has 172 valence electrons. The molecule has 3 aromatic rings. The Bertz CT molecular complexity index is 1190. The summed E-state index contributed by atoms with van der Waals surface area (Å²) in [6.07, 6.45) is 0.863. The standard InChI is InChI=1S/C25H26FN3O4/c26-19-4-3-17-1-2-18-13-24(31)29(27-25(18)23(17)14-19)20-5-7-22(8-6-20)33-16-21(30)15-28-9-11-32-12-10-28/h3-8,13-14,21,30H,1-2,9-12,15-16H2. The first kappa shape index (κ1) is 21.8. The number of nitrogens with zero attached hydrogens (tertiary/aromatic N) is 3. The monoisotopic (exact) mass is 451 g/mol. The SMILES string of the molecule is O=c1cc2c(nn1-c1ccc(OCC(O)CN3CCOCC3)cc1)-c1cc(F)ccc1CC2. The second-order valence-electron chi connectivity index (χ2n) is 8.44. The predicted octanol–water partition coefficient (Wildman–Crippen LogP) is 2.21. The summed E-state index contributed by atoms with van der Waals surface area (Å²) in [4.78, 5) is 14.9. The highest BCUT2D eigenvalue weighted by molar-refractivity contribution is 5.69. The topological polar surface area (TPSA) is 76.8 Å². The van der Waals surface area contributed by atoms with Gasteiger partial charge in [-0.3, -0.25) is 9.69 Å². The fourth-order valence-corrected chi connectivity index (χ4v) is 4.36. The second kappa shape index (κ2) is 9.43. The quantitative estimate of drug-likeness (QED) is 0.619. The number of ether oxygens (including phenoxy) is 2. The largest absolute Gasteiger partial charge is 0.491 e. The van der Waals surface area contributed by atoms with Crippen LogP contribution in [0.5, 0.6) is 5.75 Å². The van der Waals surface area contributed by atoms with Gasteiger partial charge in [0.05, 0.1) is 24.6 Å². The van der Waals surface area contributed by atoms with Crippen LogP contribution in [0.2, 0.25) is 0 Å². The fraction of sp³-hybridized carbons (Fsp3) is 0.360. The van der Waals surface area contributed by atoms with Crippen LogP contribution in [0.15, 0.2) is 53.3 Å². The smallest absolute Gasteiger partial charge is 0.271 e. The Morgan fingerprint density at radius 1 is 1.06 bits per heavy atom. The van der Waals surface area contributed by atoms with E-state index in [4.69, 9.17) is 9.47 Å². The molecule has 0 radical (unpaired) electrons. The van der Waals surface area contributed by atoms with Gasteiger partial charge in [0.1, 0.15) is 24.3 Å². The van der Waals surface area contributed by atoms with Crippen molar-refractivity contribution in [2.45, 2.75) is 18.9 Å². The van der Waals surface area contributed by atoms with Gasteiger partial charge in [0.25, 0.3) is 5.56 Å². The third kappa shape index (κ3) is 4.83. The Labute approximate surface area is 191 Å². The van der Waals surface area contributed by atoms with Crippen LogP contribution in [0.1, 0.15) is 11.1 Å². The first-order valence-corrected chi connectivity index (χ1v) is 11.2. The molecule has 0 bridgehead atoms. The molecule has 0 saturated carbocycles. The third-order valence-corrected chi connectivity index (χ3v) is 6.10. The molecule has 8 heteroatoms. The Hall–Kier alpha value is -3.07. The van der Waals surface area contributed by atoms with Gasteiger partial charge in [-0.2, -0.15) is 9.78 Å². The van der Waals surface area contributed by atoms with Gasteiger partial charge in [-0.15, -0.1) is 0 Å². The zero-order chi connectivity index (χ0) is 22.8. The summed E-state index contributed by atoms with van der Waals surface area (Å²) in [5.41, 5.74) is 3.60. The molecule has 2 aliphatic rings. The number of fused-ring (bicyclic) bond motifs is 3. The molecule has 1 saturated heterocycles. The predicted molar refractivity (Wildman–Crippen MR) is 121 cm³/mol. The van der Waals surface area contributed by atoms with Crippen molar-refractivity contribution in [3.63, 3.8) is 0 Å². The summed E-state index contributed by atoms with van der Waals surface area (Å²) in [7, 11) is 0. The van der Waals surface area contributed by atoms with Gasteiger partial charge in [-0.25, -0.2) is 4.39 Å². The second-order valence-corrected chi connectivity index (χ2v) is 8.44. The molecule has 0 spiro atoms. The molecular weight excluding hydrogens is 425 g/mol. The van der Waals surface area contributed by atoms with Crippen LogP contribution in [-0.2, 0) is 17.6 Å². The van der Waals surface area contributed by atoms with Gasteiger partial charge in [0, 0.05) is 31.3 Å². The first-order valence-electron chi connectivity index (χ1n) is 11.2. The maximum Gasteiger partial charge on any atom is 0.271 e. The molecule has 1 N–H and O–H groups in total. The number of β-amino-alcohol motifs (C(OH)–C–C–N with tert-alkyl or cyclic N) is 1. The zero-order valence-electron chi connectivity index (χ0n) is 18.2. The molecule has 1 unspecified atom stereocenters. The van der Waals surface area contributed by atoms with Crippen molar-refractivity contribution in [3.05, 3.63) is 75.8 Å². The number of benzene rings is 2. The van der Waals surface area contributed by atoms with E-state index in [1.807, 2.05) is 0 Å². The third-order valence-electron chi connectivity index (χ3n) is 6.10. The van der Waals surface area contributed by atoms with Crippen LogP contribution < -0.4 is 10.3 Å². The number of morpholine rings is 1. The lowest BCUT2D eigenvalue weighted by Gasteiger charge is -2.28. The molecule has 7 nitrogen and oxygen atoms in total. The van der Waals surface area contributed by atoms with Crippen LogP contribution in [0.4, 0.5) is 4.39 Å². The van der Waals surface area contributed by atoms with Crippen molar-refractivity contribution < 1.29 is 19.0 Å². The van der Waals surface area contributed by atoms with E-state index in [-0.39, 0.29) is 18.0 Å². The van der Waals surface area contributed by atoms with Crippen molar-refractivity contribution in [1.82, 2.24) is 14.7 Å². The number of aryl methyl sites for hydroxylation is 2. The average Bonchev–Trinajstić information content (AvgIpc) is 2.83. The first-order chi connectivity index (χ1) is 16.1. The summed E-state index contributed by atoms with van der Waals surface area (Å²) < 4.78 is 26.2. The average molecular weight is 451 g/mol. The zero-order valence-corrected chi connectivity index (χ0v) is 18.2. The maximum absolute atomic E-state index is 13.9. The van der Waals surface area contributed by atoms with E-state index in [2.05, 4.69) is 10.00 Å². The Balaban J connectivity index is 1.30. The van der Waals surface area contributed by atoms with E-state index in [9.17, 15) is 14.3 Å². The summed E-state index contributed by atoms with van der Waals surface area (Å²) in [6.45, 7) is 3.71. The van der Waals surface area contributed by atoms with E-state index >= 15 is 0 Å². The number of hydrogen-bond acceptors (Lipinski definition) is 6. The highest BCUT2D eigenvalue weighted by Gasteiger charge is 2.20. The van der Waals surface area contributed by atoms with E-state index in [0.29, 0.717) is 43.3 Å². The maximum atomic E-state index is 13.9. The van der Waals surface area contributed by atoms with Gasteiger partial charge in [-0.1, -0.05) is 6.07 Å². The summed E-state index contributed by atoms with van der Waals surface area (Å²) >= 11 is 0. The van der Waals surface area contributed by atoms with Crippen LogP contribution >= 0.6 is 0 Å². The van der Waals surface area contributed by atoms with Crippen LogP contribution in [0.25, 0.3) is 16.9 Å². The van der Waals surface area contributed by atoms with E-state index in [0.717, 1.165) is 36.2 Å². The van der Waals surface area contributed by atoms with Crippen molar-refractivity contribution in [2.75, 3.05) is 39.5 Å².